The van der Waals surface area contributed by atoms with E-state index in [4.69, 9.17) is 16.3 Å². The van der Waals surface area contributed by atoms with Crippen LogP contribution in [0.2, 0.25) is 5.02 Å². The molecule has 1 saturated carbocycles. The molecule has 5 aliphatic rings. The minimum Gasteiger partial charge on any atom is -0.359 e. The smallest absolute Gasteiger partial charge is 0.246 e. The van der Waals surface area contributed by atoms with Gasteiger partial charge in [-0.25, -0.2) is 0 Å². The van der Waals surface area contributed by atoms with Gasteiger partial charge in [0.1, 0.15) is 11.6 Å². The van der Waals surface area contributed by atoms with Gasteiger partial charge in [0.2, 0.25) is 17.7 Å². The van der Waals surface area contributed by atoms with Gasteiger partial charge in [-0.3, -0.25) is 14.4 Å². The summed E-state index contributed by atoms with van der Waals surface area (Å²) in [7, 11) is 0. The summed E-state index contributed by atoms with van der Waals surface area (Å²) in [5, 5.41) is 6.81. The SMILES string of the molecule is CC1CCN(CCCN2C(=O)[C@@H]3[C@H](C(=O)Nc4cccc(Cl)c4)[C@@H]4C=C[C@@]3(O4)[C@@H]2C(=O)N[C@@H]2CCC[C@H](C)[C@H]2C)CC1. The Labute approximate surface area is 254 Å². The van der Waals surface area contributed by atoms with Crippen LogP contribution < -0.4 is 10.6 Å². The summed E-state index contributed by atoms with van der Waals surface area (Å²) in [6.07, 6.45) is 9.56. The van der Waals surface area contributed by atoms with Crippen LogP contribution in [0.5, 0.6) is 0 Å². The molecule has 0 aromatic heterocycles. The van der Waals surface area contributed by atoms with Gasteiger partial charge in [-0.15, -0.1) is 0 Å². The van der Waals surface area contributed by atoms with Gasteiger partial charge in [-0.1, -0.05) is 63.4 Å². The van der Waals surface area contributed by atoms with E-state index in [-0.39, 0.29) is 23.8 Å². The lowest BCUT2D eigenvalue weighted by atomic mass is 9.73. The van der Waals surface area contributed by atoms with Crippen LogP contribution >= 0.6 is 11.6 Å². The predicted molar refractivity (Wildman–Crippen MR) is 163 cm³/mol. The number of carbonyl (C=O) groups excluding carboxylic acids is 3. The van der Waals surface area contributed by atoms with Crippen molar-refractivity contribution in [1.82, 2.24) is 15.1 Å². The van der Waals surface area contributed by atoms with Gasteiger partial charge < -0.3 is 25.2 Å². The van der Waals surface area contributed by atoms with Crippen LogP contribution in [0, 0.1) is 29.6 Å². The first kappa shape index (κ1) is 29.6. The molecule has 8 nitrogen and oxygen atoms in total. The number of amides is 3. The molecule has 4 aliphatic heterocycles. The van der Waals surface area contributed by atoms with Crippen molar-refractivity contribution >= 4 is 35.0 Å². The van der Waals surface area contributed by atoms with Crippen LogP contribution in [0.3, 0.4) is 0 Å². The average Bonchev–Trinajstić information content (AvgIpc) is 3.60. The van der Waals surface area contributed by atoms with Crippen molar-refractivity contribution in [3.05, 3.63) is 41.4 Å². The number of carbonyl (C=O) groups is 3. The van der Waals surface area contributed by atoms with Crippen LogP contribution in [0.1, 0.15) is 59.3 Å². The summed E-state index contributed by atoms with van der Waals surface area (Å²) in [6.45, 7) is 10.3. The van der Waals surface area contributed by atoms with Crippen LogP contribution in [-0.2, 0) is 19.1 Å². The van der Waals surface area contributed by atoms with Crippen molar-refractivity contribution in [2.24, 2.45) is 29.6 Å². The molecular formula is C33H45ClN4O4. The van der Waals surface area contributed by atoms with E-state index in [0.717, 1.165) is 44.8 Å². The van der Waals surface area contributed by atoms with Crippen molar-refractivity contribution in [1.29, 1.82) is 0 Å². The lowest BCUT2D eigenvalue weighted by Crippen LogP contribution is -2.58. The highest BCUT2D eigenvalue weighted by atomic mass is 35.5. The molecule has 9 heteroatoms. The first-order valence-electron chi connectivity index (χ1n) is 15.9. The molecule has 3 saturated heterocycles. The number of likely N-dealkylation sites (tertiary alicyclic amines) is 2. The molecule has 1 aromatic rings. The maximum Gasteiger partial charge on any atom is 0.246 e. The number of hydrogen-bond acceptors (Lipinski definition) is 5. The van der Waals surface area contributed by atoms with Gasteiger partial charge >= 0.3 is 0 Å². The third kappa shape index (κ3) is 5.39. The van der Waals surface area contributed by atoms with Crippen LogP contribution in [0.15, 0.2) is 36.4 Å². The Kier molecular flexibility index (Phi) is 8.42. The highest BCUT2D eigenvalue weighted by Gasteiger charge is 2.72. The number of hydrogen-bond donors (Lipinski definition) is 2. The molecule has 2 bridgehead atoms. The number of nitrogens with zero attached hydrogens (tertiary/aromatic N) is 2. The fourth-order valence-electron chi connectivity index (χ4n) is 8.10. The topological polar surface area (TPSA) is 91.0 Å². The molecule has 1 aromatic carbocycles. The molecule has 1 aliphatic carbocycles. The number of nitrogens with one attached hydrogen (secondary N) is 2. The summed E-state index contributed by atoms with van der Waals surface area (Å²) in [5.74, 6) is -0.440. The van der Waals surface area contributed by atoms with E-state index in [1.165, 1.54) is 19.3 Å². The van der Waals surface area contributed by atoms with E-state index >= 15 is 0 Å². The standard InChI is InChI=1S/C33H45ClN4O4/c1-20-12-17-37(18-13-20)15-6-16-38-29(31(40)36-25-10-4-7-21(2)22(25)3)33-14-11-26(42-33)27(28(33)32(38)41)30(39)35-24-9-5-8-23(34)19-24/h5,8-9,11,14,19-22,25-29H,4,6-7,10,12-13,15-18H2,1-3H3,(H,35,39)(H,36,40)/t21-,22+,25+,26-,27+,28-,29-,33-/m0/s1. The van der Waals surface area contributed by atoms with Crippen LogP contribution in [0.4, 0.5) is 5.69 Å². The molecule has 0 radical (unpaired) electrons. The van der Waals surface area contributed by atoms with Gasteiger partial charge in [0.05, 0.1) is 17.9 Å². The third-order valence-corrected chi connectivity index (χ3v) is 11.0. The molecule has 42 heavy (non-hydrogen) atoms. The maximum atomic E-state index is 14.3. The zero-order chi connectivity index (χ0) is 29.6. The molecule has 3 amide bonds. The summed E-state index contributed by atoms with van der Waals surface area (Å²) in [5.41, 5.74) is -0.576. The fraction of sp³-hybridized carbons (Fsp3) is 0.667. The number of ether oxygens (including phenoxy) is 1. The Morgan fingerprint density at radius 3 is 2.62 bits per heavy atom. The minimum atomic E-state index is -1.15. The van der Waals surface area contributed by atoms with Gasteiger partial charge in [0.25, 0.3) is 0 Å². The maximum absolute atomic E-state index is 14.3. The quantitative estimate of drug-likeness (QED) is 0.432. The number of fused-ring (bicyclic) bond motifs is 1. The first-order valence-corrected chi connectivity index (χ1v) is 16.3. The average molecular weight is 597 g/mol. The lowest BCUT2D eigenvalue weighted by molar-refractivity contribution is -0.141. The molecule has 2 N–H and O–H groups in total. The Bertz CT molecular complexity index is 1230. The molecule has 4 heterocycles. The first-order chi connectivity index (χ1) is 20.2. The monoisotopic (exact) mass is 596 g/mol. The molecule has 228 valence electrons. The fourth-order valence-corrected chi connectivity index (χ4v) is 8.29. The van der Waals surface area contributed by atoms with Crippen molar-refractivity contribution in [3.63, 3.8) is 0 Å². The second-order valence-corrected chi connectivity index (χ2v) is 13.9. The van der Waals surface area contributed by atoms with Crippen LogP contribution in [0.25, 0.3) is 0 Å². The van der Waals surface area contributed by atoms with E-state index < -0.39 is 29.6 Å². The number of benzene rings is 1. The number of halogens is 1. The van der Waals surface area contributed by atoms with Gasteiger partial charge in [-0.05, 0) is 81.3 Å². The van der Waals surface area contributed by atoms with Crippen molar-refractivity contribution < 1.29 is 19.1 Å². The lowest BCUT2D eigenvalue weighted by Gasteiger charge is -2.38. The van der Waals surface area contributed by atoms with Crippen LogP contribution in [-0.4, -0.2) is 77.5 Å². The second-order valence-electron chi connectivity index (χ2n) is 13.5. The third-order valence-electron chi connectivity index (χ3n) is 10.8. The predicted octanol–water partition coefficient (Wildman–Crippen LogP) is 4.49. The normalized spacial score (nSPS) is 36.3. The van der Waals surface area contributed by atoms with Gasteiger partial charge in [0, 0.05) is 23.3 Å². The largest absolute Gasteiger partial charge is 0.359 e. The minimum absolute atomic E-state index is 0.0634. The summed E-state index contributed by atoms with van der Waals surface area (Å²) in [4.78, 5) is 46.3. The van der Waals surface area contributed by atoms with Gasteiger partial charge in [0.15, 0.2) is 0 Å². The van der Waals surface area contributed by atoms with E-state index in [1.54, 1.807) is 29.2 Å². The Morgan fingerprint density at radius 1 is 1.07 bits per heavy atom. The van der Waals surface area contributed by atoms with Crippen molar-refractivity contribution in [2.45, 2.75) is 83.1 Å². The van der Waals surface area contributed by atoms with E-state index in [1.807, 2.05) is 12.2 Å². The molecule has 6 rings (SSSR count). The molecule has 0 unspecified atom stereocenters. The van der Waals surface area contributed by atoms with E-state index in [2.05, 4.69) is 36.3 Å². The molecule has 4 fully saturated rings. The highest BCUT2D eigenvalue weighted by Crippen LogP contribution is 2.55. The number of rotatable bonds is 8. The van der Waals surface area contributed by atoms with Crippen molar-refractivity contribution in [2.75, 3.05) is 31.5 Å². The highest BCUT2D eigenvalue weighted by molar-refractivity contribution is 6.30. The number of anilines is 1. The van der Waals surface area contributed by atoms with Gasteiger partial charge in [-0.2, -0.15) is 0 Å². The molecule has 1 spiro atoms. The molecule has 8 atom stereocenters. The summed E-state index contributed by atoms with van der Waals surface area (Å²) < 4.78 is 6.53. The zero-order valence-corrected chi connectivity index (χ0v) is 25.8. The zero-order valence-electron chi connectivity index (χ0n) is 25.1. The summed E-state index contributed by atoms with van der Waals surface area (Å²) >= 11 is 6.15. The van der Waals surface area contributed by atoms with E-state index in [9.17, 15) is 14.4 Å². The van der Waals surface area contributed by atoms with E-state index in [0.29, 0.717) is 29.1 Å². The summed E-state index contributed by atoms with van der Waals surface area (Å²) in [6, 6.07) is 6.24. The molecular weight excluding hydrogens is 552 g/mol. The Balaban J connectivity index is 1.24. The van der Waals surface area contributed by atoms with Crippen molar-refractivity contribution in [3.8, 4) is 0 Å². The number of piperidine rings is 1. The second kappa shape index (κ2) is 11.9. The Hall–Kier alpha value is -2.42. The Morgan fingerprint density at radius 2 is 1.86 bits per heavy atom.